The molecule has 0 saturated carbocycles. The minimum Gasteiger partial charge on any atom is -0.456 e. The minimum atomic E-state index is 0.0582. The van der Waals surface area contributed by atoms with Gasteiger partial charge in [-0.3, -0.25) is 4.79 Å². The van der Waals surface area contributed by atoms with Gasteiger partial charge in [-0.1, -0.05) is 37.1 Å². The first-order valence-electron chi connectivity index (χ1n) is 11.3. The third-order valence-electron chi connectivity index (χ3n) is 6.74. The van der Waals surface area contributed by atoms with Crippen LogP contribution >= 0.6 is 0 Å². The number of amides is 1. The number of rotatable bonds is 4. The van der Waals surface area contributed by atoms with E-state index in [1.807, 2.05) is 36.2 Å². The molecule has 1 N–H and O–H groups in total. The summed E-state index contributed by atoms with van der Waals surface area (Å²) < 4.78 is 6.30. The maximum Gasteiger partial charge on any atom is 0.253 e. The average molecular weight is 403 g/mol. The second-order valence-corrected chi connectivity index (χ2v) is 8.91. The molecular weight excluding hydrogens is 372 g/mol. The highest BCUT2D eigenvalue weighted by Crippen LogP contribution is 2.48. The zero-order valence-corrected chi connectivity index (χ0v) is 17.9. The highest BCUT2D eigenvalue weighted by atomic mass is 16.5. The number of carbonyl (C=O) groups is 1. The number of hydrogen-bond donors (Lipinski definition) is 1. The monoisotopic (exact) mass is 402 g/mol. The standard InChI is InChI=1S/C26H30N2O2/c1-3-4-13-28(2)26(29)17-9-12-22-24(16-17)30-23-8-6-5-7-21(23)25(22)18-14-19-10-11-20(15-18)27-19/h5-9,12,16,19-20,27H,3-4,10-11,13-15H2,1-2H3. The van der Waals surface area contributed by atoms with Crippen LogP contribution in [0.4, 0.5) is 0 Å². The van der Waals surface area contributed by atoms with Crippen molar-refractivity contribution in [2.45, 2.75) is 57.5 Å². The van der Waals surface area contributed by atoms with E-state index in [4.69, 9.17) is 4.74 Å². The lowest BCUT2D eigenvalue weighted by molar-refractivity contribution is 0.0793. The van der Waals surface area contributed by atoms with E-state index in [1.54, 1.807) is 0 Å². The molecular formula is C26H30N2O2. The fourth-order valence-corrected chi connectivity index (χ4v) is 5.18. The van der Waals surface area contributed by atoms with Crippen LogP contribution in [0, 0.1) is 0 Å². The van der Waals surface area contributed by atoms with Gasteiger partial charge in [0, 0.05) is 42.4 Å². The van der Waals surface area contributed by atoms with E-state index in [9.17, 15) is 4.79 Å². The van der Waals surface area contributed by atoms with Gasteiger partial charge in [-0.05, 0) is 61.9 Å². The molecule has 4 nitrogen and oxygen atoms in total. The van der Waals surface area contributed by atoms with E-state index in [1.165, 1.54) is 29.6 Å². The Labute approximate surface area is 178 Å². The van der Waals surface area contributed by atoms with Crippen LogP contribution in [0.2, 0.25) is 0 Å². The molecule has 3 heterocycles. The van der Waals surface area contributed by atoms with Gasteiger partial charge in [0.25, 0.3) is 5.91 Å². The summed E-state index contributed by atoms with van der Waals surface area (Å²) in [5, 5.41) is 3.74. The lowest BCUT2D eigenvalue weighted by atomic mass is 9.84. The Bertz CT molecular complexity index is 996. The Morgan fingerprint density at radius 1 is 1.07 bits per heavy atom. The van der Waals surface area contributed by atoms with Crippen molar-refractivity contribution in [1.82, 2.24) is 10.2 Å². The average Bonchev–Trinajstić information content (AvgIpc) is 3.12. The van der Waals surface area contributed by atoms with Gasteiger partial charge in [0.05, 0.1) is 0 Å². The van der Waals surface area contributed by atoms with Crippen LogP contribution < -0.4 is 10.1 Å². The molecule has 2 aromatic carbocycles. The molecule has 3 aliphatic rings. The third kappa shape index (κ3) is 3.43. The summed E-state index contributed by atoms with van der Waals surface area (Å²) in [6.07, 6.45) is 6.83. The van der Waals surface area contributed by atoms with Crippen molar-refractivity contribution < 1.29 is 9.53 Å². The summed E-state index contributed by atoms with van der Waals surface area (Å²) >= 11 is 0. The number of benzene rings is 2. The third-order valence-corrected chi connectivity index (χ3v) is 6.74. The highest BCUT2D eigenvalue weighted by molar-refractivity contribution is 5.97. The molecule has 4 heteroatoms. The number of ether oxygens (including phenoxy) is 1. The first-order valence-corrected chi connectivity index (χ1v) is 11.3. The summed E-state index contributed by atoms with van der Waals surface area (Å²) in [7, 11) is 1.88. The quantitative estimate of drug-likeness (QED) is 0.637. The molecule has 2 atom stereocenters. The second kappa shape index (κ2) is 7.92. The molecule has 2 bridgehead atoms. The van der Waals surface area contributed by atoms with Crippen molar-refractivity contribution in [2.24, 2.45) is 0 Å². The number of nitrogens with one attached hydrogen (secondary N) is 1. The fraction of sp³-hybridized carbons (Fsp3) is 0.423. The van der Waals surface area contributed by atoms with Crippen LogP contribution in [0.15, 0.2) is 48.0 Å². The maximum absolute atomic E-state index is 12.9. The van der Waals surface area contributed by atoms with Gasteiger partial charge >= 0.3 is 0 Å². The lowest BCUT2D eigenvalue weighted by Gasteiger charge is -2.30. The number of unbranched alkanes of at least 4 members (excludes halogenated alkanes) is 1. The molecule has 2 aromatic rings. The summed E-state index contributed by atoms with van der Waals surface area (Å²) in [5.41, 5.74) is 5.85. The van der Waals surface area contributed by atoms with Crippen LogP contribution in [0.5, 0.6) is 11.5 Å². The van der Waals surface area contributed by atoms with E-state index in [-0.39, 0.29) is 5.91 Å². The predicted molar refractivity (Wildman–Crippen MR) is 120 cm³/mol. The van der Waals surface area contributed by atoms with Crippen LogP contribution in [0.25, 0.3) is 5.57 Å². The molecule has 0 aromatic heterocycles. The van der Waals surface area contributed by atoms with Crippen LogP contribution in [-0.2, 0) is 0 Å². The molecule has 3 aliphatic heterocycles. The molecule has 2 saturated heterocycles. The summed E-state index contributed by atoms with van der Waals surface area (Å²) in [6.45, 7) is 2.92. The maximum atomic E-state index is 12.9. The van der Waals surface area contributed by atoms with E-state index < -0.39 is 0 Å². The van der Waals surface area contributed by atoms with Crippen LogP contribution in [0.3, 0.4) is 0 Å². The molecule has 0 aliphatic carbocycles. The molecule has 0 radical (unpaired) electrons. The highest BCUT2D eigenvalue weighted by Gasteiger charge is 2.34. The van der Waals surface area contributed by atoms with Crippen molar-refractivity contribution in [1.29, 1.82) is 0 Å². The zero-order chi connectivity index (χ0) is 20.7. The number of hydrogen-bond acceptors (Lipinski definition) is 3. The second-order valence-electron chi connectivity index (χ2n) is 8.91. The molecule has 2 fully saturated rings. The van der Waals surface area contributed by atoms with Gasteiger partial charge in [-0.2, -0.15) is 0 Å². The van der Waals surface area contributed by atoms with Gasteiger partial charge in [-0.25, -0.2) is 0 Å². The van der Waals surface area contributed by atoms with E-state index >= 15 is 0 Å². The topological polar surface area (TPSA) is 41.6 Å². The first-order chi connectivity index (χ1) is 14.6. The number of carbonyl (C=O) groups excluding carboxylic acids is 1. The number of fused-ring (bicyclic) bond motifs is 4. The predicted octanol–water partition coefficient (Wildman–Crippen LogP) is 5.38. The molecule has 1 amide bonds. The van der Waals surface area contributed by atoms with Crippen molar-refractivity contribution >= 4 is 11.5 Å². The van der Waals surface area contributed by atoms with Crippen molar-refractivity contribution in [2.75, 3.05) is 13.6 Å². The Morgan fingerprint density at radius 3 is 2.57 bits per heavy atom. The summed E-state index contributed by atoms with van der Waals surface area (Å²) in [4.78, 5) is 14.7. The van der Waals surface area contributed by atoms with Crippen LogP contribution in [-0.4, -0.2) is 36.5 Å². The van der Waals surface area contributed by atoms with Crippen molar-refractivity contribution in [3.8, 4) is 11.5 Å². The van der Waals surface area contributed by atoms with Crippen molar-refractivity contribution in [3.05, 3.63) is 64.7 Å². The fourth-order valence-electron chi connectivity index (χ4n) is 5.18. The molecule has 0 spiro atoms. The smallest absolute Gasteiger partial charge is 0.253 e. The van der Waals surface area contributed by atoms with Gasteiger partial charge < -0.3 is 15.0 Å². The van der Waals surface area contributed by atoms with Gasteiger partial charge in [0.15, 0.2) is 0 Å². The van der Waals surface area contributed by atoms with Crippen molar-refractivity contribution in [3.63, 3.8) is 0 Å². The SMILES string of the molecule is CCCCN(C)C(=O)c1ccc2c(c1)Oc1ccccc1C2=C1CC2CCC(C1)N2. The minimum absolute atomic E-state index is 0.0582. The number of para-hydroxylation sites is 1. The summed E-state index contributed by atoms with van der Waals surface area (Å²) in [6, 6.07) is 15.5. The lowest BCUT2D eigenvalue weighted by Crippen LogP contribution is -2.35. The molecule has 156 valence electrons. The molecule has 5 rings (SSSR count). The largest absolute Gasteiger partial charge is 0.456 e. The normalized spacial score (nSPS) is 21.7. The Kier molecular flexibility index (Phi) is 5.11. The van der Waals surface area contributed by atoms with E-state index in [2.05, 4.69) is 30.4 Å². The molecule has 2 unspecified atom stereocenters. The number of nitrogens with zero attached hydrogens (tertiary/aromatic N) is 1. The Hall–Kier alpha value is -2.59. The van der Waals surface area contributed by atoms with Gasteiger partial charge in [0.1, 0.15) is 11.5 Å². The number of piperidine rings is 1. The van der Waals surface area contributed by atoms with Crippen LogP contribution in [0.1, 0.15) is 66.9 Å². The first kappa shape index (κ1) is 19.4. The Balaban J connectivity index is 1.56. The Morgan fingerprint density at radius 2 is 1.80 bits per heavy atom. The molecule has 30 heavy (non-hydrogen) atoms. The van der Waals surface area contributed by atoms with E-state index in [0.29, 0.717) is 17.6 Å². The van der Waals surface area contributed by atoms with Gasteiger partial charge in [-0.15, -0.1) is 0 Å². The zero-order valence-electron chi connectivity index (χ0n) is 17.9. The van der Waals surface area contributed by atoms with Gasteiger partial charge in [0.2, 0.25) is 0 Å². The van der Waals surface area contributed by atoms with E-state index in [0.717, 1.165) is 49.3 Å². The summed E-state index contributed by atoms with van der Waals surface area (Å²) in [5.74, 6) is 1.75.